The fourth-order valence-electron chi connectivity index (χ4n) is 12.0. The molecule has 3 N–H and O–H groups in total. The van der Waals surface area contributed by atoms with Crippen molar-refractivity contribution in [2.45, 2.75) is 419 Å². The van der Waals surface area contributed by atoms with Crippen LogP contribution in [0.5, 0.6) is 0 Å². The van der Waals surface area contributed by atoms with Crippen molar-refractivity contribution in [2.24, 2.45) is 11.8 Å². The fourth-order valence-corrected chi connectivity index (χ4v) is 13.6. The number of ether oxygens (including phenoxy) is 4. The number of hydrogen-bond donors (Lipinski definition) is 3. The van der Waals surface area contributed by atoms with Crippen molar-refractivity contribution in [1.29, 1.82) is 0 Å². The fraction of sp³-hybridized carbons (Fsp3) is 0.901. The predicted octanol–water partition coefficient (Wildman–Crippen LogP) is 23.8. The van der Waals surface area contributed by atoms with Crippen LogP contribution < -0.4 is 0 Å². The second kappa shape index (κ2) is 72.1. The number of hydrogen-bond acceptors (Lipinski definition) is 15. The lowest BCUT2D eigenvalue weighted by molar-refractivity contribution is -0.161. The van der Waals surface area contributed by atoms with Crippen LogP contribution in [0.15, 0.2) is 24.3 Å². The highest BCUT2D eigenvalue weighted by Crippen LogP contribution is 2.45. The topological polar surface area (TPSA) is 237 Å². The molecule has 0 spiro atoms. The van der Waals surface area contributed by atoms with Gasteiger partial charge >= 0.3 is 39.5 Å². The van der Waals surface area contributed by atoms with Crippen LogP contribution in [-0.2, 0) is 65.4 Å². The van der Waals surface area contributed by atoms with E-state index in [1.807, 2.05) is 0 Å². The molecule has 17 nitrogen and oxygen atoms in total. The molecule has 0 aliphatic carbocycles. The first-order valence-corrected chi connectivity index (χ1v) is 44.3. The lowest BCUT2D eigenvalue weighted by Crippen LogP contribution is -2.30. The molecule has 590 valence electrons. The van der Waals surface area contributed by atoms with Gasteiger partial charge in [0.2, 0.25) is 0 Å². The van der Waals surface area contributed by atoms with Crippen LogP contribution in [0.4, 0.5) is 0 Å². The molecule has 0 aliphatic rings. The molecule has 5 atom stereocenters. The summed E-state index contributed by atoms with van der Waals surface area (Å²) in [5.74, 6) is -0.562. The van der Waals surface area contributed by atoms with Crippen molar-refractivity contribution in [3.05, 3.63) is 24.3 Å². The Bertz CT molecular complexity index is 2020. The predicted molar refractivity (Wildman–Crippen MR) is 409 cm³/mol. The van der Waals surface area contributed by atoms with Crippen molar-refractivity contribution in [2.75, 3.05) is 39.6 Å². The van der Waals surface area contributed by atoms with Crippen LogP contribution in [0.3, 0.4) is 0 Å². The molecule has 0 aliphatic heterocycles. The van der Waals surface area contributed by atoms with Gasteiger partial charge in [0, 0.05) is 25.7 Å². The van der Waals surface area contributed by atoms with Crippen LogP contribution in [0.2, 0.25) is 0 Å². The zero-order valence-electron chi connectivity index (χ0n) is 65.0. The molecule has 0 saturated heterocycles. The molecule has 0 aromatic carbocycles. The molecule has 0 fully saturated rings. The Hall–Kier alpha value is -2.46. The minimum absolute atomic E-state index is 0.0855. The van der Waals surface area contributed by atoms with Gasteiger partial charge in [-0.25, -0.2) is 9.13 Å². The van der Waals surface area contributed by atoms with E-state index in [4.69, 9.17) is 37.0 Å². The standard InChI is InChI=1S/C81H154O17P2/c1-7-9-11-13-15-17-19-21-22-28-35-41-47-53-59-65-80(85)97-76(69-91-78(83)63-57-51-45-39-33-25-20-18-16-14-12-10-8-2)71-95-99(87,88)93-67-75(82)68-94-100(89,90)96-72-77(98-81(86)66-60-54-48-42-36-30-24-27-32-38-44-50-56-62-74(5)6)70-92-79(84)64-58-52-46-40-34-29-23-26-31-37-43-49-55-61-73(3)4/h17,19,21-22,73-77,82H,7-16,18,20,23-72H2,1-6H3,(H,87,88)(H,89,90)/b19-17-,22-21-/t75-,76+,77+/m0/s1. The third-order valence-corrected chi connectivity index (χ3v) is 20.2. The quantitative estimate of drug-likeness (QED) is 0.0169. The SMILES string of the molecule is CCCCCC/C=C\C=C/CCCCCCCC(=O)O[C@H](COC(=O)CCCCCCCCCCCCCCC)COP(=O)(O)OC[C@H](O)COP(=O)(O)OC[C@@H](COC(=O)CCCCCCCCCCCCCCCC(C)C)OC(=O)CCCCCCCCCCCCCCCC(C)C. The van der Waals surface area contributed by atoms with Gasteiger partial charge in [-0.3, -0.25) is 37.3 Å². The van der Waals surface area contributed by atoms with Crippen molar-refractivity contribution in [1.82, 2.24) is 0 Å². The summed E-state index contributed by atoms with van der Waals surface area (Å²) in [5, 5.41) is 10.6. The van der Waals surface area contributed by atoms with E-state index in [0.29, 0.717) is 25.7 Å². The van der Waals surface area contributed by atoms with E-state index in [9.17, 15) is 43.2 Å². The second-order valence-corrected chi connectivity index (χ2v) is 32.3. The summed E-state index contributed by atoms with van der Waals surface area (Å²) >= 11 is 0. The van der Waals surface area contributed by atoms with E-state index in [1.165, 1.54) is 205 Å². The third kappa shape index (κ3) is 73.8. The number of esters is 4. The monoisotopic (exact) mass is 1460 g/mol. The number of carbonyl (C=O) groups excluding carboxylic acids is 4. The van der Waals surface area contributed by atoms with Gasteiger partial charge < -0.3 is 33.8 Å². The Morgan fingerprint density at radius 2 is 0.540 bits per heavy atom. The summed E-state index contributed by atoms with van der Waals surface area (Å²) in [5.41, 5.74) is 0. The normalized spacial score (nSPS) is 14.1. The van der Waals surface area contributed by atoms with E-state index in [1.54, 1.807) is 0 Å². The van der Waals surface area contributed by atoms with Crippen LogP contribution in [0.25, 0.3) is 0 Å². The zero-order valence-corrected chi connectivity index (χ0v) is 66.8. The lowest BCUT2D eigenvalue weighted by atomic mass is 10.0. The molecule has 0 rings (SSSR count). The molecule has 0 saturated carbocycles. The molecule has 19 heteroatoms. The minimum Gasteiger partial charge on any atom is -0.462 e. The zero-order chi connectivity index (χ0) is 73.5. The smallest absolute Gasteiger partial charge is 0.462 e. The Morgan fingerprint density at radius 1 is 0.310 bits per heavy atom. The van der Waals surface area contributed by atoms with E-state index in [2.05, 4.69) is 65.8 Å². The van der Waals surface area contributed by atoms with E-state index < -0.39 is 97.5 Å². The second-order valence-electron chi connectivity index (χ2n) is 29.4. The Labute approximate surface area is 612 Å². The molecule has 0 bridgehead atoms. The number of phosphoric ester groups is 2. The Balaban J connectivity index is 5.31. The Morgan fingerprint density at radius 3 is 0.820 bits per heavy atom. The molecule has 0 aromatic heterocycles. The maximum absolute atomic E-state index is 13.1. The maximum atomic E-state index is 13.1. The first-order chi connectivity index (χ1) is 48.4. The van der Waals surface area contributed by atoms with Crippen LogP contribution in [0.1, 0.15) is 401 Å². The summed E-state index contributed by atoms with van der Waals surface area (Å²) in [4.78, 5) is 73.0. The number of allylic oxidation sites excluding steroid dienone is 4. The number of phosphoric acid groups is 2. The molecule has 0 amide bonds. The summed E-state index contributed by atoms with van der Waals surface area (Å²) in [6.45, 7) is 9.61. The average Bonchev–Trinajstić information content (AvgIpc) is 0.961. The van der Waals surface area contributed by atoms with E-state index in [-0.39, 0.29) is 25.7 Å². The van der Waals surface area contributed by atoms with E-state index >= 15 is 0 Å². The lowest BCUT2D eigenvalue weighted by Gasteiger charge is -2.21. The van der Waals surface area contributed by atoms with Crippen LogP contribution in [-0.4, -0.2) is 96.7 Å². The highest BCUT2D eigenvalue weighted by atomic mass is 31.2. The summed E-state index contributed by atoms with van der Waals surface area (Å²) in [7, 11) is -9.93. The molecule has 0 aromatic rings. The molecule has 0 radical (unpaired) electrons. The summed E-state index contributed by atoms with van der Waals surface area (Å²) in [6, 6.07) is 0. The highest BCUT2D eigenvalue weighted by Gasteiger charge is 2.30. The Kier molecular flexibility index (Phi) is 70.3. The third-order valence-electron chi connectivity index (χ3n) is 18.3. The van der Waals surface area contributed by atoms with Crippen molar-refractivity contribution in [3.63, 3.8) is 0 Å². The molecular weight excluding hydrogens is 1310 g/mol. The maximum Gasteiger partial charge on any atom is 0.472 e. The summed E-state index contributed by atoms with van der Waals surface area (Å²) in [6.07, 6.45) is 64.4. The van der Waals surface area contributed by atoms with Crippen molar-refractivity contribution < 1.29 is 80.2 Å². The molecule has 100 heavy (non-hydrogen) atoms. The molecule has 2 unspecified atom stereocenters. The van der Waals surface area contributed by atoms with Crippen molar-refractivity contribution in [3.8, 4) is 0 Å². The molecular formula is C81H154O17P2. The number of aliphatic hydroxyl groups is 1. The first-order valence-electron chi connectivity index (χ1n) is 41.3. The number of carbonyl (C=O) groups is 4. The van der Waals surface area contributed by atoms with E-state index in [0.717, 1.165) is 115 Å². The average molecular weight is 1460 g/mol. The number of unbranched alkanes of at least 4 members (excludes halogenated alkanes) is 45. The number of aliphatic hydroxyl groups excluding tert-OH is 1. The van der Waals surface area contributed by atoms with Crippen LogP contribution in [0, 0.1) is 11.8 Å². The van der Waals surface area contributed by atoms with Gasteiger partial charge in [-0.2, -0.15) is 0 Å². The minimum atomic E-state index is -4.97. The largest absolute Gasteiger partial charge is 0.472 e. The van der Waals surface area contributed by atoms with Gasteiger partial charge in [-0.15, -0.1) is 0 Å². The highest BCUT2D eigenvalue weighted by molar-refractivity contribution is 7.47. The van der Waals surface area contributed by atoms with Gasteiger partial charge in [-0.05, 0) is 63.2 Å². The van der Waals surface area contributed by atoms with Gasteiger partial charge in [0.1, 0.15) is 19.3 Å². The first kappa shape index (κ1) is 97.5. The van der Waals surface area contributed by atoms with Gasteiger partial charge in [0.05, 0.1) is 26.4 Å². The molecule has 0 heterocycles. The van der Waals surface area contributed by atoms with Gasteiger partial charge in [0.15, 0.2) is 12.2 Å². The summed E-state index contributed by atoms with van der Waals surface area (Å²) < 4.78 is 68.7. The number of rotatable bonds is 78. The van der Waals surface area contributed by atoms with Gasteiger partial charge in [0.25, 0.3) is 0 Å². The van der Waals surface area contributed by atoms with Crippen molar-refractivity contribution >= 4 is 39.5 Å². The van der Waals surface area contributed by atoms with Gasteiger partial charge in [-0.1, -0.05) is 348 Å². The van der Waals surface area contributed by atoms with Crippen LogP contribution >= 0.6 is 15.6 Å².